The molecule has 3 heterocycles. The van der Waals surface area contributed by atoms with Gasteiger partial charge in [0.25, 0.3) is 0 Å². The number of imide groups is 1. The van der Waals surface area contributed by atoms with Gasteiger partial charge in [-0.1, -0.05) is 0 Å². The van der Waals surface area contributed by atoms with Gasteiger partial charge in [0.05, 0.1) is 17.1 Å². The molecule has 2 aliphatic heterocycles. The average molecular weight is 444 g/mol. The Morgan fingerprint density at radius 1 is 1.28 bits per heavy atom. The first-order valence-electron chi connectivity index (χ1n) is 9.45. The molecule has 0 saturated carbocycles. The molecule has 0 radical (unpaired) electrons. The van der Waals surface area contributed by atoms with Crippen molar-refractivity contribution in [3.8, 4) is 0 Å². The van der Waals surface area contributed by atoms with Crippen molar-refractivity contribution in [3.63, 3.8) is 0 Å². The number of aryl methyl sites for hydroxylation is 1. The molecule has 2 fully saturated rings. The summed E-state index contributed by atoms with van der Waals surface area (Å²) in [6.07, 6.45) is 1.78. The second-order valence-electron chi connectivity index (χ2n) is 7.43. The Hall–Kier alpha value is -1.87. The van der Waals surface area contributed by atoms with Gasteiger partial charge < -0.3 is 15.7 Å². The fraction of sp³-hybridized carbons (Fsp3) is 0.526. The van der Waals surface area contributed by atoms with E-state index in [0.717, 1.165) is 41.8 Å². The Kier molecular flexibility index (Phi) is 7.87. The molecule has 0 spiro atoms. The van der Waals surface area contributed by atoms with E-state index in [-0.39, 0.29) is 55.2 Å². The number of rotatable bonds is 4. The molecule has 1 unspecified atom stereocenters. The lowest BCUT2D eigenvalue weighted by molar-refractivity contribution is -0.134. The van der Waals surface area contributed by atoms with Crippen LogP contribution in [0, 0.1) is 5.92 Å². The highest BCUT2D eigenvalue weighted by Gasteiger charge is 2.31. The van der Waals surface area contributed by atoms with Gasteiger partial charge in [0.2, 0.25) is 11.8 Å². The molecule has 0 bridgehead atoms. The van der Waals surface area contributed by atoms with Crippen LogP contribution < -0.4 is 16.0 Å². The van der Waals surface area contributed by atoms with Gasteiger partial charge in [-0.25, -0.2) is 0 Å². The molecule has 2 saturated heterocycles. The highest BCUT2D eigenvalue weighted by Crippen LogP contribution is 2.32. The van der Waals surface area contributed by atoms with Crippen molar-refractivity contribution >= 4 is 53.2 Å². The van der Waals surface area contributed by atoms with E-state index in [1.54, 1.807) is 4.68 Å². The van der Waals surface area contributed by atoms with Crippen molar-refractivity contribution in [2.24, 2.45) is 13.0 Å². The van der Waals surface area contributed by atoms with Gasteiger partial charge in [-0.05, 0) is 37.6 Å². The number of amides is 2. The standard InChI is InChI=1S/C19H25N5O3.2ClH/c1-24-16-8-12(21-15-6-7-20-9-11(15)10-25)2-3-13(16)18(23-24)14-4-5-17(26)22-19(14)27;;/h2-3,8,11,14-15,20-21,25H,4-7,9-10H2,1H3,(H,22,26,27);2*1H/t11-,14?,15-;;/m1../s1. The highest BCUT2D eigenvalue weighted by molar-refractivity contribution is 6.02. The molecule has 2 aromatic rings. The normalized spacial score (nSPS) is 24.4. The minimum absolute atomic E-state index is 0. The smallest absolute Gasteiger partial charge is 0.235 e. The van der Waals surface area contributed by atoms with E-state index in [0.29, 0.717) is 12.8 Å². The molecular weight excluding hydrogens is 417 g/mol. The topological polar surface area (TPSA) is 108 Å². The Labute approximate surface area is 181 Å². The fourth-order valence-corrected chi connectivity index (χ4v) is 4.11. The number of carbonyl (C=O) groups excluding carboxylic acids is 2. The van der Waals surface area contributed by atoms with Gasteiger partial charge in [-0.15, -0.1) is 24.8 Å². The highest BCUT2D eigenvalue weighted by atomic mass is 35.5. The third kappa shape index (κ3) is 4.66. The van der Waals surface area contributed by atoms with Crippen LogP contribution in [0.1, 0.15) is 30.9 Å². The number of benzene rings is 1. The van der Waals surface area contributed by atoms with Crippen LogP contribution in [-0.4, -0.2) is 52.4 Å². The maximum Gasteiger partial charge on any atom is 0.235 e. The number of hydrogen-bond donors (Lipinski definition) is 4. The predicted molar refractivity (Wildman–Crippen MR) is 116 cm³/mol. The van der Waals surface area contributed by atoms with Crippen LogP contribution in [0.5, 0.6) is 0 Å². The zero-order valence-electron chi connectivity index (χ0n) is 16.2. The summed E-state index contributed by atoms with van der Waals surface area (Å²) in [5, 5.41) is 24.4. The van der Waals surface area contributed by atoms with Crippen molar-refractivity contribution in [2.75, 3.05) is 25.0 Å². The van der Waals surface area contributed by atoms with Gasteiger partial charge in [0.15, 0.2) is 0 Å². The molecule has 1 aromatic heterocycles. The summed E-state index contributed by atoms with van der Waals surface area (Å²) in [6.45, 7) is 1.89. The lowest BCUT2D eigenvalue weighted by Crippen LogP contribution is -2.45. The molecule has 4 N–H and O–H groups in total. The first-order valence-corrected chi connectivity index (χ1v) is 9.45. The average Bonchev–Trinajstić information content (AvgIpc) is 2.98. The number of aromatic nitrogens is 2. The Morgan fingerprint density at radius 2 is 2.07 bits per heavy atom. The molecular formula is C19H27Cl2N5O3. The number of aliphatic hydroxyl groups is 1. The van der Waals surface area contributed by atoms with E-state index < -0.39 is 5.92 Å². The monoisotopic (exact) mass is 443 g/mol. The molecule has 1 aromatic carbocycles. The van der Waals surface area contributed by atoms with Crippen molar-refractivity contribution in [2.45, 2.75) is 31.2 Å². The lowest BCUT2D eigenvalue weighted by atomic mass is 9.92. The van der Waals surface area contributed by atoms with Crippen molar-refractivity contribution in [1.82, 2.24) is 20.4 Å². The van der Waals surface area contributed by atoms with Crippen LogP contribution in [0.25, 0.3) is 10.9 Å². The number of nitrogens with one attached hydrogen (secondary N) is 3. The number of aliphatic hydroxyl groups excluding tert-OH is 1. The molecule has 29 heavy (non-hydrogen) atoms. The molecule has 10 heteroatoms. The van der Waals surface area contributed by atoms with E-state index in [1.807, 2.05) is 25.2 Å². The fourth-order valence-electron chi connectivity index (χ4n) is 4.11. The maximum atomic E-state index is 12.2. The summed E-state index contributed by atoms with van der Waals surface area (Å²) < 4.78 is 1.78. The number of hydrogen-bond acceptors (Lipinski definition) is 6. The third-order valence-electron chi connectivity index (χ3n) is 5.64. The molecule has 8 nitrogen and oxygen atoms in total. The number of carbonyl (C=O) groups is 2. The summed E-state index contributed by atoms with van der Waals surface area (Å²) in [4.78, 5) is 23.6. The van der Waals surface area contributed by atoms with E-state index in [9.17, 15) is 14.7 Å². The van der Waals surface area contributed by atoms with Gasteiger partial charge >= 0.3 is 0 Å². The first kappa shape index (κ1) is 23.4. The minimum atomic E-state index is -0.395. The maximum absolute atomic E-state index is 12.2. The zero-order valence-corrected chi connectivity index (χ0v) is 17.8. The number of piperidine rings is 2. The van der Waals surface area contributed by atoms with E-state index >= 15 is 0 Å². The number of nitrogens with zero attached hydrogens (tertiary/aromatic N) is 2. The van der Waals surface area contributed by atoms with E-state index in [1.165, 1.54) is 0 Å². The second kappa shape index (κ2) is 9.75. The van der Waals surface area contributed by atoms with Crippen LogP contribution in [0.15, 0.2) is 18.2 Å². The molecule has 2 aliphatic rings. The van der Waals surface area contributed by atoms with Gasteiger partial charge in [-0.3, -0.25) is 19.6 Å². The van der Waals surface area contributed by atoms with Crippen molar-refractivity contribution < 1.29 is 14.7 Å². The third-order valence-corrected chi connectivity index (χ3v) is 5.64. The van der Waals surface area contributed by atoms with E-state index in [2.05, 4.69) is 21.0 Å². The van der Waals surface area contributed by atoms with Crippen LogP contribution in [-0.2, 0) is 16.6 Å². The predicted octanol–water partition coefficient (Wildman–Crippen LogP) is 1.32. The SMILES string of the molecule is Cl.Cl.Cn1nc(C2CCC(=O)NC2=O)c2ccc(N[C@@H]3CCNC[C@@H]3CO)cc21. The minimum Gasteiger partial charge on any atom is -0.396 e. The van der Waals surface area contributed by atoms with Crippen molar-refractivity contribution in [3.05, 3.63) is 23.9 Å². The van der Waals surface area contributed by atoms with Crippen LogP contribution in [0.2, 0.25) is 0 Å². The van der Waals surface area contributed by atoms with Gasteiger partial charge in [-0.2, -0.15) is 5.10 Å². The summed E-state index contributed by atoms with van der Waals surface area (Å²) in [5.74, 6) is -0.703. The Balaban J connectivity index is 0.00000150. The molecule has 0 aliphatic carbocycles. The molecule has 2 amide bonds. The van der Waals surface area contributed by atoms with E-state index in [4.69, 9.17) is 0 Å². The molecule has 3 atom stereocenters. The van der Waals surface area contributed by atoms with Crippen molar-refractivity contribution in [1.29, 1.82) is 0 Å². The second-order valence-corrected chi connectivity index (χ2v) is 7.43. The quantitative estimate of drug-likeness (QED) is 0.530. The first-order chi connectivity index (χ1) is 13.1. The number of anilines is 1. The summed E-state index contributed by atoms with van der Waals surface area (Å²) in [5.41, 5.74) is 2.64. The number of halogens is 2. The Bertz CT molecular complexity index is 888. The summed E-state index contributed by atoms with van der Waals surface area (Å²) >= 11 is 0. The van der Waals surface area contributed by atoms with Crippen LogP contribution >= 0.6 is 24.8 Å². The molecule has 160 valence electrons. The summed E-state index contributed by atoms with van der Waals surface area (Å²) in [6, 6.07) is 6.24. The number of fused-ring (bicyclic) bond motifs is 1. The largest absolute Gasteiger partial charge is 0.396 e. The lowest BCUT2D eigenvalue weighted by Gasteiger charge is -2.32. The summed E-state index contributed by atoms with van der Waals surface area (Å²) in [7, 11) is 1.86. The van der Waals surface area contributed by atoms with Gasteiger partial charge in [0.1, 0.15) is 0 Å². The van der Waals surface area contributed by atoms with Gasteiger partial charge in [0, 0.05) is 49.7 Å². The van der Waals surface area contributed by atoms with Crippen LogP contribution in [0.3, 0.4) is 0 Å². The molecule has 4 rings (SSSR count). The Morgan fingerprint density at radius 3 is 2.79 bits per heavy atom. The van der Waals surface area contributed by atoms with Crippen LogP contribution in [0.4, 0.5) is 5.69 Å². The zero-order chi connectivity index (χ0) is 19.0.